The molecule has 94 valence electrons. The Hall–Kier alpha value is -1.22. The molecule has 0 fully saturated rings. The molecule has 3 nitrogen and oxygen atoms in total. The number of halogens is 1. The molecule has 0 atom stereocenters. The van der Waals surface area contributed by atoms with E-state index in [0.717, 1.165) is 16.9 Å². The number of carbonyl (C=O) groups is 1. The molecule has 0 spiro atoms. The third kappa shape index (κ3) is 4.27. The molecule has 0 saturated heterocycles. The molecule has 1 aromatic rings. The predicted octanol–water partition coefficient (Wildman–Crippen LogP) is 2.35. The lowest BCUT2D eigenvalue weighted by Gasteiger charge is -2.13. The van der Waals surface area contributed by atoms with Gasteiger partial charge in [-0.2, -0.15) is 0 Å². The molecule has 0 aliphatic rings. The van der Waals surface area contributed by atoms with E-state index in [-0.39, 0.29) is 11.8 Å². The van der Waals surface area contributed by atoms with Crippen LogP contribution in [0.25, 0.3) is 0 Å². The minimum absolute atomic E-state index is 0.0113. The van der Waals surface area contributed by atoms with Crippen molar-refractivity contribution in [2.45, 2.75) is 20.8 Å². The lowest BCUT2D eigenvalue weighted by atomic mass is 10.1. The Morgan fingerprint density at radius 2 is 1.88 bits per heavy atom. The van der Waals surface area contributed by atoms with E-state index in [9.17, 15) is 4.79 Å². The standard InChI is InChI=1S/C13H18ClNO2/c1-9-6-10(2)13(11(3)7-9)17-5-4-15-12(16)8-14/h6-7H,4-5,8H2,1-3H3,(H,15,16). The Balaban J connectivity index is 2.50. The molecule has 0 radical (unpaired) electrons. The van der Waals surface area contributed by atoms with E-state index in [4.69, 9.17) is 16.3 Å². The highest BCUT2D eigenvalue weighted by Crippen LogP contribution is 2.24. The number of hydrogen-bond acceptors (Lipinski definition) is 2. The number of rotatable bonds is 5. The lowest BCUT2D eigenvalue weighted by molar-refractivity contribution is -0.118. The van der Waals surface area contributed by atoms with Crippen LogP contribution in [0.5, 0.6) is 5.75 Å². The van der Waals surface area contributed by atoms with E-state index in [0.29, 0.717) is 13.2 Å². The second-order valence-electron chi connectivity index (χ2n) is 4.06. The van der Waals surface area contributed by atoms with E-state index in [2.05, 4.69) is 24.4 Å². The Morgan fingerprint density at radius 1 is 1.29 bits per heavy atom. The molecule has 1 rings (SSSR count). The highest BCUT2D eigenvalue weighted by atomic mass is 35.5. The van der Waals surface area contributed by atoms with Gasteiger partial charge in [-0.1, -0.05) is 17.7 Å². The molecule has 4 heteroatoms. The van der Waals surface area contributed by atoms with Crippen molar-refractivity contribution < 1.29 is 9.53 Å². The summed E-state index contributed by atoms with van der Waals surface area (Å²) in [6, 6.07) is 4.17. The first-order chi connectivity index (χ1) is 8.04. The van der Waals surface area contributed by atoms with Crippen molar-refractivity contribution in [3.8, 4) is 5.75 Å². The molecule has 1 aromatic carbocycles. The van der Waals surface area contributed by atoms with Gasteiger partial charge in [-0.25, -0.2) is 0 Å². The van der Waals surface area contributed by atoms with E-state index in [1.165, 1.54) is 5.56 Å². The third-order valence-electron chi connectivity index (χ3n) is 2.40. The number of benzene rings is 1. The van der Waals surface area contributed by atoms with Crippen LogP contribution in [0.15, 0.2) is 12.1 Å². The van der Waals surface area contributed by atoms with E-state index < -0.39 is 0 Å². The summed E-state index contributed by atoms with van der Waals surface area (Å²) in [6.07, 6.45) is 0. The topological polar surface area (TPSA) is 38.3 Å². The van der Waals surface area contributed by atoms with Crippen LogP contribution < -0.4 is 10.1 Å². The summed E-state index contributed by atoms with van der Waals surface area (Å²) in [5.74, 6) is 0.714. The molecule has 0 aliphatic carbocycles. The quantitative estimate of drug-likeness (QED) is 0.648. The zero-order valence-corrected chi connectivity index (χ0v) is 11.2. The van der Waals surface area contributed by atoms with Gasteiger partial charge in [0.25, 0.3) is 0 Å². The van der Waals surface area contributed by atoms with Gasteiger partial charge >= 0.3 is 0 Å². The van der Waals surface area contributed by atoms with Gasteiger partial charge in [0.05, 0.1) is 6.54 Å². The number of nitrogens with one attached hydrogen (secondary N) is 1. The number of amides is 1. The molecule has 0 bridgehead atoms. The zero-order chi connectivity index (χ0) is 12.8. The van der Waals surface area contributed by atoms with Crippen molar-refractivity contribution in [1.82, 2.24) is 5.32 Å². The van der Waals surface area contributed by atoms with Crippen molar-refractivity contribution in [3.63, 3.8) is 0 Å². The minimum atomic E-state index is -0.174. The normalized spacial score (nSPS) is 10.1. The van der Waals surface area contributed by atoms with Crippen LogP contribution in [0.1, 0.15) is 16.7 Å². The van der Waals surface area contributed by atoms with Gasteiger partial charge in [0.15, 0.2) is 0 Å². The molecule has 1 amide bonds. The lowest BCUT2D eigenvalue weighted by Crippen LogP contribution is -2.29. The molecule has 0 aromatic heterocycles. The van der Waals surface area contributed by atoms with Crippen molar-refractivity contribution >= 4 is 17.5 Å². The van der Waals surface area contributed by atoms with Crippen molar-refractivity contribution in [1.29, 1.82) is 0 Å². The van der Waals surface area contributed by atoms with E-state index in [1.807, 2.05) is 13.8 Å². The fourth-order valence-corrected chi connectivity index (χ4v) is 1.88. The average Bonchev–Trinajstić information content (AvgIpc) is 2.26. The maximum atomic E-state index is 10.9. The fourth-order valence-electron chi connectivity index (χ4n) is 1.79. The molecule has 17 heavy (non-hydrogen) atoms. The smallest absolute Gasteiger partial charge is 0.235 e. The molecule has 1 N–H and O–H groups in total. The first-order valence-electron chi connectivity index (χ1n) is 5.58. The summed E-state index contributed by atoms with van der Waals surface area (Å²) in [5.41, 5.74) is 3.46. The molecule has 0 saturated carbocycles. The highest BCUT2D eigenvalue weighted by molar-refractivity contribution is 6.27. The molecule has 0 aliphatic heterocycles. The fraction of sp³-hybridized carbons (Fsp3) is 0.462. The van der Waals surface area contributed by atoms with E-state index in [1.54, 1.807) is 0 Å². The second-order valence-corrected chi connectivity index (χ2v) is 4.33. The van der Waals surface area contributed by atoms with Gasteiger partial charge in [-0.15, -0.1) is 11.6 Å². The summed E-state index contributed by atoms with van der Waals surface area (Å²) in [5, 5.41) is 2.66. The van der Waals surface area contributed by atoms with Gasteiger partial charge < -0.3 is 10.1 Å². The summed E-state index contributed by atoms with van der Waals surface area (Å²) in [6.45, 7) is 7.02. The third-order valence-corrected chi connectivity index (χ3v) is 2.64. The van der Waals surface area contributed by atoms with Crippen molar-refractivity contribution in [3.05, 3.63) is 28.8 Å². The average molecular weight is 256 g/mol. The van der Waals surface area contributed by atoms with Crippen LogP contribution in [0.3, 0.4) is 0 Å². The molecular formula is C13H18ClNO2. The first kappa shape index (κ1) is 13.8. The first-order valence-corrected chi connectivity index (χ1v) is 6.11. The number of hydrogen-bond donors (Lipinski definition) is 1. The minimum Gasteiger partial charge on any atom is -0.491 e. The van der Waals surface area contributed by atoms with Crippen LogP contribution in [0, 0.1) is 20.8 Å². The number of ether oxygens (including phenoxy) is 1. The summed E-state index contributed by atoms with van der Waals surface area (Å²) in [4.78, 5) is 10.9. The predicted molar refractivity (Wildman–Crippen MR) is 69.9 cm³/mol. The molecule has 0 unspecified atom stereocenters. The number of aryl methyl sites for hydroxylation is 3. The Labute approximate surface area is 107 Å². The van der Waals surface area contributed by atoms with Crippen LogP contribution in [-0.2, 0) is 4.79 Å². The maximum absolute atomic E-state index is 10.9. The van der Waals surface area contributed by atoms with Gasteiger partial charge in [-0.3, -0.25) is 4.79 Å². The van der Waals surface area contributed by atoms with Gasteiger partial charge in [0, 0.05) is 0 Å². The molecular weight excluding hydrogens is 238 g/mol. The van der Waals surface area contributed by atoms with Crippen LogP contribution in [-0.4, -0.2) is 24.9 Å². The number of alkyl halides is 1. The maximum Gasteiger partial charge on any atom is 0.235 e. The van der Waals surface area contributed by atoms with Crippen molar-refractivity contribution in [2.24, 2.45) is 0 Å². The SMILES string of the molecule is Cc1cc(C)c(OCCNC(=O)CCl)c(C)c1. The monoisotopic (exact) mass is 255 g/mol. The number of carbonyl (C=O) groups excluding carboxylic acids is 1. The molecule has 0 heterocycles. The van der Waals surface area contributed by atoms with Gasteiger partial charge in [0.2, 0.25) is 5.91 Å². The Kier molecular flexibility index (Phi) is 5.29. The summed E-state index contributed by atoms with van der Waals surface area (Å²) in [7, 11) is 0. The largest absolute Gasteiger partial charge is 0.491 e. The Morgan fingerprint density at radius 3 is 2.41 bits per heavy atom. The van der Waals surface area contributed by atoms with Gasteiger partial charge in [0.1, 0.15) is 18.2 Å². The zero-order valence-electron chi connectivity index (χ0n) is 10.5. The summed E-state index contributed by atoms with van der Waals surface area (Å²) < 4.78 is 5.66. The summed E-state index contributed by atoms with van der Waals surface area (Å²) >= 11 is 5.36. The van der Waals surface area contributed by atoms with Crippen LogP contribution >= 0.6 is 11.6 Å². The van der Waals surface area contributed by atoms with Crippen LogP contribution in [0.2, 0.25) is 0 Å². The van der Waals surface area contributed by atoms with Crippen LogP contribution in [0.4, 0.5) is 0 Å². The second kappa shape index (κ2) is 6.50. The van der Waals surface area contributed by atoms with Gasteiger partial charge in [-0.05, 0) is 31.9 Å². The Bertz CT molecular complexity index is 381. The van der Waals surface area contributed by atoms with Crippen molar-refractivity contribution in [2.75, 3.05) is 19.0 Å². The highest BCUT2D eigenvalue weighted by Gasteiger charge is 2.05. The van der Waals surface area contributed by atoms with E-state index >= 15 is 0 Å².